The molecule has 1 atom stereocenters. The molecule has 3 rings (SSSR count). The van der Waals surface area contributed by atoms with Crippen LogP contribution in [0.15, 0.2) is 59.5 Å². The van der Waals surface area contributed by atoms with E-state index in [1.165, 1.54) is 28.6 Å². The first-order chi connectivity index (χ1) is 13.4. The fourth-order valence-corrected chi connectivity index (χ4v) is 4.83. The molecule has 0 radical (unpaired) electrons. The van der Waals surface area contributed by atoms with E-state index in [4.69, 9.17) is 5.26 Å². The highest BCUT2D eigenvalue weighted by atomic mass is 32.2. The van der Waals surface area contributed by atoms with Gasteiger partial charge in [0.2, 0.25) is 15.9 Å². The molecular weight excluding hydrogens is 374 g/mol. The highest BCUT2D eigenvalue weighted by molar-refractivity contribution is 7.89. The Labute approximate surface area is 165 Å². The molecule has 2 aromatic carbocycles. The van der Waals surface area contributed by atoms with Gasteiger partial charge in [-0.3, -0.25) is 4.79 Å². The fourth-order valence-electron chi connectivity index (χ4n) is 3.37. The Kier molecular flexibility index (Phi) is 6.12. The van der Waals surface area contributed by atoms with E-state index in [1.54, 1.807) is 0 Å². The van der Waals surface area contributed by atoms with Crippen molar-refractivity contribution in [1.29, 1.82) is 5.26 Å². The number of rotatable bonds is 5. The summed E-state index contributed by atoms with van der Waals surface area (Å²) in [4.78, 5) is 12.7. The molecule has 1 fully saturated rings. The van der Waals surface area contributed by atoms with Gasteiger partial charge in [-0.05, 0) is 49.6 Å². The van der Waals surface area contributed by atoms with Gasteiger partial charge in [0, 0.05) is 19.0 Å². The van der Waals surface area contributed by atoms with Crippen LogP contribution in [0.1, 0.15) is 36.9 Å². The van der Waals surface area contributed by atoms with Crippen LogP contribution in [0, 0.1) is 17.2 Å². The summed E-state index contributed by atoms with van der Waals surface area (Å²) in [6.07, 6.45) is 0.978. The number of carbonyl (C=O) groups is 1. The van der Waals surface area contributed by atoms with Crippen LogP contribution in [0.25, 0.3) is 0 Å². The Morgan fingerprint density at radius 1 is 1.11 bits per heavy atom. The molecule has 0 aliphatic carbocycles. The van der Waals surface area contributed by atoms with E-state index in [2.05, 4.69) is 5.32 Å². The van der Waals surface area contributed by atoms with Crippen molar-refractivity contribution in [2.75, 3.05) is 13.1 Å². The highest BCUT2D eigenvalue weighted by Crippen LogP contribution is 2.25. The summed E-state index contributed by atoms with van der Waals surface area (Å²) in [6.45, 7) is 2.55. The lowest BCUT2D eigenvalue weighted by atomic mass is 9.96. The van der Waals surface area contributed by atoms with Crippen molar-refractivity contribution in [2.24, 2.45) is 5.92 Å². The summed E-state index contributed by atoms with van der Waals surface area (Å²) in [5.74, 6) is -0.231. The molecule has 1 N–H and O–H groups in total. The van der Waals surface area contributed by atoms with Crippen molar-refractivity contribution in [1.82, 2.24) is 9.62 Å². The Balaban J connectivity index is 1.59. The van der Waals surface area contributed by atoms with E-state index in [-0.39, 0.29) is 22.8 Å². The lowest BCUT2D eigenvalue weighted by molar-refractivity contribution is -0.126. The molecule has 1 amide bonds. The van der Waals surface area contributed by atoms with E-state index in [0.717, 1.165) is 5.56 Å². The van der Waals surface area contributed by atoms with Crippen molar-refractivity contribution in [3.8, 4) is 6.07 Å². The molecule has 1 heterocycles. The summed E-state index contributed by atoms with van der Waals surface area (Å²) in [7, 11) is -3.61. The number of piperidine rings is 1. The third-order valence-corrected chi connectivity index (χ3v) is 7.02. The van der Waals surface area contributed by atoms with Gasteiger partial charge in [0.1, 0.15) is 0 Å². The van der Waals surface area contributed by atoms with Crippen molar-refractivity contribution in [3.63, 3.8) is 0 Å². The molecule has 1 aliphatic heterocycles. The van der Waals surface area contributed by atoms with Crippen LogP contribution in [0.5, 0.6) is 0 Å². The topological polar surface area (TPSA) is 90.3 Å². The van der Waals surface area contributed by atoms with Gasteiger partial charge in [0.25, 0.3) is 0 Å². The van der Waals surface area contributed by atoms with Gasteiger partial charge in [-0.15, -0.1) is 0 Å². The van der Waals surface area contributed by atoms with E-state index in [9.17, 15) is 13.2 Å². The van der Waals surface area contributed by atoms with Crippen molar-refractivity contribution in [3.05, 3.63) is 65.7 Å². The molecule has 7 heteroatoms. The van der Waals surface area contributed by atoms with Gasteiger partial charge in [0.05, 0.1) is 22.6 Å². The van der Waals surface area contributed by atoms with Crippen LogP contribution >= 0.6 is 0 Å². The summed E-state index contributed by atoms with van der Waals surface area (Å²) in [5, 5.41) is 11.9. The van der Waals surface area contributed by atoms with Crippen LogP contribution in [0.2, 0.25) is 0 Å². The minimum absolute atomic E-state index is 0.0354. The van der Waals surface area contributed by atoms with E-state index >= 15 is 0 Å². The Morgan fingerprint density at radius 2 is 1.71 bits per heavy atom. The monoisotopic (exact) mass is 397 g/mol. The summed E-state index contributed by atoms with van der Waals surface area (Å²) in [5.41, 5.74) is 1.46. The van der Waals surface area contributed by atoms with E-state index < -0.39 is 10.0 Å². The largest absolute Gasteiger partial charge is 0.349 e. The summed E-state index contributed by atoms with van der Waals surface area (Å²) < 4.78 is 27.0. The predicted molar refractivity (Wildman–Crippen MR) is 106 cm³/mol. The molecule has 1 saturated heterocycles. The van der Waals surface area contributed by atoms with Gasteiger partial charge >= 0.3 is 0 Å². The molecule has 6 nitrogen and oxygen atoms in total. The molecule has 28 heavy (non-hydrogen) atoms. The van der Waals surface area contributed by atoms with Crippen LogP contribution in [-0.2, 0) is 14.8 Å². The van der Waals surface area contributed by atoms with Gasteiger partial charge in [-0.2, -0.15) is 9.57 Å². The van der Waals surface area contributed by atoms with Crippen LogP contribution in [0.3, 0.4) is 0 Å². The second kappa shape index (κ2) is 8.55. The van der Waals surface area contributed by atoms with Gasteiger partial charge in [0.15, 0.2) is 0 Å². The zero-order valence-electron chi connectivity index (χ0n) is 15.7. The van der Waals surface area contributed by atoms with Gasteiger partial charge < -0.3 is 5.32 Å². The molecule has 1 aliphatic rings. The number of amides is 1. The standard InChI is InChI=1S/C21H23N3O3S/c1-16(18-5-3-2-4-6-18)23-21(25)19-11-13-24(14-12-19)28(26,27)20-9-7-17(15-22)8-10-20/h2-10,16,19H,11-14H2,1H3,(H,23,25)/t16-/m0/s1. The molecule has 0 aromatic heterocycles. The Hall–Kier alpha value is -2.69. The lowest BCUT2D eigenvalue weighted by Gasteiger charge is -2.31. The zero-order chi connectivity index (χ0) is 20.1. The second-order valence-electron chi connectivity index (χ2n) is 6.96. The second-order valence-corrected chi connectivity index (χ2v) is 8.89. The molecule has 2 aromatic rings. The van der Waals surface area contributed by atoms with Gasteiger partial charge in [-0.25, -0.2) is 8.42 Å². The van der Waals surface area contributed by atoms with Crippen LogP contribution in [0.4, 0.5) is 0 Å². The number of hydrogen-bond donors (Lipinski definition) is 1. The number of nitrogens with one attached hydrogen (secondary N) is 1. The third kappa shape index (κ3) is 4.41. The highest BCUT2D eigenvalue weighted by Gasteiger charge is 2.32. The zero-order valence-corrected chi connectivity index (χ0v) is 16.5. The SMILES string of the molecule is C[C@H](NC(=O)C1CCN(S(=O)(=O)c2ccc(C#N)cc2)CC1)c1ccccc1. The number of carbonyl (C=O) groups excluding carboxylic acids is 1. The summed E-state index contributed by atoms with van der Waals surface area (Å²) >= 11 is 0. The van der Waals surface area contributed by atoms with E-state index in [1.807, 2.05) is 43.3 Å². The van der Waals surface area contributed by atoms with Crippen molar-refractivity contribution < 1.29 is 13.2 Å². The Bertz CT molecular complexity index is 958. The first kappa shape index (κ1) is 20.1. The normalized spacial score (nSPS) is 16.9. The maximum atomic E-state index is 12.8. The van der Waals surface area contributed by atoms with E-state index in [0.29, 0.717) is 31.5 Å². The molecule has 0 spiro atoms. The first-order valence-corrected chi connectivity index (χ1v) is 10.7. The maximum absolute atomic E-state index is 12.8. The van der Waals surface area contributed by atoms with Crippen LogP contribution < -0.4 is 5.32 Å². The number of hydrogen-bond acceptors (Lipinski definition) is 4. The Morgan fingerprint density at radius 3 is 2.29 bits per heavy atom. The van der Waals surface area contributed by atoms with Crippen LogP contribution in [-0.4, -0.2) is 31.7 Å². The fraction of sp³-hybridized carbons (Fsp3) is 0.333. The molecule has 0 bridgehead atoms. The quantitative estimate of drug-likeness (QED) is 0.840. The van der Waals surface area contributed by atoms with Crippen molar-refractivity contribution >= 4 is 15.9 Å². The predicted octanol–water partition coefficient (Wildman–Crippen LogP) is 2.84. The number of benzene rings is 2. The number of nitrogens with zero attached hydrogens (tertiary/aromatic N) is 2. The molecular formula is C21H23N3O3S. The first-order valence-electron chi connectivity index (χ1n) is 9.27. The van der Waals surface area contributed by atoms with Gasteiger partial charge in [-0.1, -0.05) is 30.3 Å². The lowest BCUT2D eigenvalue weighted by Crippen LogP contribution is -2.43. The minimum atomic E-state index is -3.61. The molecule has 0 saturated carbocycles. The number of nitriles is 1. The number of sulfonamides is 1. The smallest absolute Gasteiger partial charge is 0.243 e. The molecule has 0 unspecified atom stereocenters. The third-order valence-electron chi connectivity index (χ3n) is 5.10. The average molecular weight is 398 g/mol. The minimum Gasteiger partial charge on any atom is -0.349 e. The van der Waals surface area contributed by atoms with Crippen molar-refractivity contribution in [2.45, 2.75) is 30.7 Å². The maximum Gasteiger partial charge on any atom is 0.243 e. The molecule has 146 valence electrons. The summed E-state index contributed by atoms with van der Waals surface area (Å²) in [6, 6.07) is 17.5. The average Bonchev–Trinajstić information content (AvgIpc) is 2.74.